The number of nitrogens with one attached hydrogen (secondary N) is 1. The molecule has 4 heteroatoms. The zero-order chi connectivity index (χ0) is 8.65. The van der Waals surface area contributed by atoms with Crippen LogP contribution in [-0.2, 0) is 4.84 Å². The minimum Gasteiger partial charge on any atom is -0.303 e. The fraction of sp³-hybridized carbons (Fsp3) is 1.00. The van der Waals surface area contributed by atoms with Crippen molar-refractivity contribution in [2.24, 2.45) is 0 Å². The van der Waals surface area contributed by atoms with Crippen molar-refractivity contribution in [3.05, 3.63) is 0 Å². The molecule has 0 unspecified atom stereocenters. The third kappa shape index (κ3) is 6.65. The van der Waals surface area contributed by atoms with Crippen LogP contribution in [-0.4, -0.2) is 38.2 Å². The Morgan fingerprint density at radius 3 is 2.54 bits per heavy atom. The van der Waals surface area contributed by atoms with Crippen LogP contribution >= 0.6 is 24.0 Å². The summed E-state index contributed by atoms with van der Waals surface area (Å²) in [5.74, 6) is 0. The predicted octanol–water partition coefficient (Wildman–Crippen LogP) is 1.63. The van der Waals surface area contributed by atoms with Crippen LogP contribution in [0.25, 0.3) is 0 Å². The summed E-state index contributed by atoms with van der Waals surface area (Å²) in [6.45, 7) is 4.60. The number of rotatable bonds is 5. The maximum atomic E-state index is 5.05. The van der Waals surface area contributed by atoms with Crippen LogP contribution in [0.4, 0.5) is 0 Å². The summed E-state index contributed by atoms with van der Waals surface area (Å²) in [4.78, 5) is 7.58. The topological polar surface area (TPSA) is 24.5 Å². The van der Waals surface area contributed by atoms with Crippen LogP contribution in [0.5, 0.6) is 0 Å². The largest absolute Gasteiger partial charge is 0.303 e. The monoisotopic (exact) mass is 300 g/mol. The predicted molar refractivity (Wildman–Crippen MR) is 65.3 cm³/mol. The van der Waals surface area contributed by atoms with Crippen molar-refractivity contribution in [1.82, 2.24) is 10.4 Å². The van der Waals surface area contributed by atoms with Gasteiger partial charge in [-0.05, 0) is 32.4 Å². The lowest BCUT2D eigenvalue weighted by Gasteiger charge is -2.26. The van der Waals surface area contributed by atoms with E-state index < -0.39 is 0 Å². The molecular weight excluding hydrogens is 279 g/mol. The van der Waals surface area contributed by atoms with Crippen molar-refractivity contribution in [1.29, 1.82) is 0 Å². The molecule has 3 nitrogen and oxygen atoms in total. The first-order valence-corrected chi connectivity index (χ1v) is 4.94. The van der Waals surface area contributed by atoms with E-state index >= 15 is 0 Å². The second-order valence-corrected chi connectivity index (χ2v) is 3.31. The molecule has 80 valence electrons. The first-order valence-electron chi connectivity index (χ1n) is 4.94. The smallest absolute Gasteiger partial charge is 0.0694 e. The zero-order valence-corrected chi connectivity index (χ0v) is 10.8. The Kier molecular flexibility index (Phi) is 9.61. The molecule has 0 bridgehead atoms. The van der Waals surface area contributed by atoms with Gasteiger partial charge in [0.05, 0.1) is 6.61 Å². The molecule has 1 aliphatic heterocycles. The maximum absolute atomic E-state index is 5.05. The minimum atomic E-state index is 0. The molecule has 1 aliphatic rings. The molecular formula is C9H21IN2O. The lowest BCUT2D eigenvalue weighted by molar-refractivity contribution is 0.0496. The summed E-state index contributed by atoms with van der Waals surface area (Å²) >= 11 is 0. The van der Waals surface area contributed by atoms with Gasteiger partial charge in [0.15, 0.2) is 0 Å². The van der Waals surface area contributed by atoms with Crippen molar-refractivity contribution >= 4 is 24.0 Å². The fourth-order valence-corrected chi connectivity index (χ4v) is 1.65. The molecule has 1 rings (SSSR count). The molecule has 0 aromatic rings. The third-order valence-electron chi connectivity index (χ3n) is 2.31. The van der Waals surface area contributed by atoms with Gasteiger partial charge in [-0.2, -0.15) is 0 Å². The molecule has 0 aliphatic carbocycles. The number of halogens is 1. The summed E-state index contributed by atoms with van der Waals surface area (Å²) < 4.78 is 0. The van der Waals surface area contributed by atoms with Gasteiger partial charge in [0.2, 0.25) is 0 Å². The number of piperidine rings is 1. The van der Waals surface area contributed by atoms with E-state index in [1.807, 2.05) is 0 Å². The summed E-state index contributed by atoms with van der Waals surface area (Å²) in [7, 11) is 1.81. The Labute approximate surface area is 98.2 Å². The molecule has 1 N–H and O–H groups in total. The number of likely N-dealkylation sites (tertiary alicyclic amines) is 1. The Morgan fingerprint density at radius 1 is 1.23 bits per heavy atom. The van der Waals surface area contributed by atoms with Crippen LogP contribution in [0.1, 0.15) is 25.7 Å². The number of hydroxylamine groups is 1. The molecule has 1 saturated heterocycles. The molecule has 0 saturated carbocycles. The first kappa shape index (κ1) is 13.6. The van der Waals surface area contributed by atoms with E-state index in [0.29, 0.717) is 0 Å². The Bertz CT molecular complexity index is 108. The quantitative estimate of drug-likeness (QED) is 0.474. The van der Waals surface area contributed by atoms with Gasteiger partial charge in [-0.15, -0.1) is 24.0 Å². The average Bonchev–Trinajstić information content (AvgIpc) is 2.14. The van der Waals surface area contributed by atoms with Crippen LogP contribution in [0, 0.1) is 0 Å². The Hall–Kier alpha value is 0.610. The second-order valence-electron chi connectivity index (χ2n) is 3.31. The van der Waals surface area contributed by atoms with Crippen molar-refractivity contribution in [2.75, 3.05) is 33.3 Å². The van der Waals surface area contributed by atoms with E-state index in [1.54, 1.807) is 7.05 Å². The summed E-state index contributed by atoms with van der Waals surface area (Å²) in [6, 6.07) is 0. The van der Waals surface area contributed by atoms with E-state index in [2.05, 4.69) is 10.4 Å². The molecule has 0 radical (unpaired) electrons. The normalized spacial score (nSPS) is 18.2. The fourth-order valence-electron chi connectivity index (χ4n) is 1.65. The van der Waals surface area contributed by atoms with Gasteiger partial charge in [-0.3, -0.25) is 0 Å². The summed E-state index contributed by atoms with van der Waals surface area (Å²) in [6.07, 6.45) is 5.32. The molecule has 0 spiro atoms. The average molecular weight is 300 g/mol. The number of nitrogens with zero attached hydrogens (tertiary/aromatic N) is 1. The van der Waals surface area contributed by atoms with E-state index in [-0.39, 0.29) is 24.0 Å². The highest BCUT2D eigenvalue weighted by Gasteiger charge is 2.08. The van der Waals surface area contributed by atoms with Gasteiger partial charge in [-0.25, -0.2) is 5.48 Å². The molecule has 0 aromatic carbocycles. The highest BCUT2D eigenvalue weighted by atomic mass is 127. The summed E-state index contributed by atoms with van der Waals surface area (Å²) in [5, 5.41) is 0. The Balaban J connectivity index is 0.00000144. The SMILES string of the molecule is CNOCCCN1CCCCC1.I. The van der Waals surface area contributed by atoms with Crippen LogP contribution in [0.2, 0.25) is 0 Å². The lowest BCUT2D eigenvalue weighted by atomic mass is 10.1. The summed E-state index contributed by atoms with van der Waals surface area (Å²) in [5.41, 5.74) is 2.69. The van der Waals surface area contributed by atoms with E-state index in [0.717, 1.165) is 13.0 Å². The van der Waals surface area contributed by atoms with Crippen molar-refractivity contribution in [3.63, 3.8) is 0 Å². The second kappa shape index (κ2) is 9.18. The van der Waals surface area contributed by atoms with Gasteiger partial charge >= 0.3 is 0 Å². The van der Waals surface area contributed by atoms with Crippen molar-refractivity contribution in [3.8, 4) is 0 Å². The van der Waals surface area contributed by atoms with Crippen molar-refractivity contribution < 1.29 is 4.84 Å². The molecule has 13 heavy (non-hydrogen) atoms. The zero-order valence-electron chi connectivity index (χ0n) is 8.42. The molecule has 1 fully saturated rings. The number of hydrogen-bond donors (Lipinski definition) is 1. The minimum absolute atomic E-state index is 0. The van der Waals surface area contributed by atoms with Gasteiger partial charge in [0, 0.05) is 13.6 Å². The van der Waals surface area contributed by atoms with Gasteiger partial charge in [0.25, 0.3) is 0 Å². The van der Waals surface area contributed by atoms with Crippen molar-refractivity contribution in [2.45, 2.75) is 25.7 Å². The standard InChI is InChI=1S/C9H20N2O.HI/c1-10-12-9-5-8-11-6-3-2-4-7-11;/h10H,2-9H2,1H3;1H. The molecule has 1 heterocycles. The lowest BCUT2D eigenvalue weighted by Crippen LogP contribution is -2.31. The van der Waals surface area contributed by atoms with Gasteiger partial charge < -0.3 is 9.74 Å². The van der Waals surface area contributed by atoms with E-state index in [1.165, 1.54) is 38.9 Å². The third-order valence-corrected chi connectivity index (χ3v) is 2.31. The van der Waals surface area contributed by atoms with Crippen LogP contribution in [0.15, 0.2) is 0 Å². The highest BCUT2D eigenvalue weighted by Crippen LogP contribution is 2.08. The number of hydrogen-bond acceptors (Lipinski definition) is 3. The highest BCUT2D eigenvalue weighted by molar-refractivity contribution is 14.0. The maximum Gasteiger partial charge on any atom is 0.0694 e. The van der Waals surface area contributed by atoms with E-state index in [9.17, 15) is 0 Å². The van der Waals surface area contributed by atoms with Gasteiger partial charge in [0.1, 0.15) is 0 Å². The Morgan fingerprint density at radius 2 is 1.92 bits per heavy atom. The first-order chi connectivity index (χ1) is 5.93. The van der Waals surface area contributed by atoms with Crippen LogP contribution < -0.4 is 5.48 Å². The molecule has 0 atom stereocenters. The van der Waals surface area contributed by atoms with Crippen LogP contribution in [0.3, 0.4) is 0 Å². The molecule has 0 aromatic heterocycles. The molecule has 0 amide bonds. The van der Waals surface area contributed by atoms with Gasteiger partial charge in [-0.1, -0.05) is 6.42 Å². The van der Waals surface area contributed by atoms with E-state index in [4.69, 9.17) is 4.84 Å².